The fraction of sp³-hybridized carbons (Fsp3) is 0.0833. The normalized spacial score (nSPS) is 10.9. The molecule has 0 aliphatic heterocycles. The second-order valence-electron chi connectivity index (χ2n) is 6.57. The Labute approximate surface area is 200 Å². The molecule has 0 atom stereocenters. The zero-order chi connectivity index (χ0) is 23.1. The lowest BCUT2D eigenvalue weighted by atomic mass is 10.1. The summed E-state index contributed by atoms with van der Waals surface area (Å²) in [6.45, 7) is 0.263. The van der Waals surface area contributed by atoms with Crippen LogP contribution in [0.1, 0.15) is 11.1 Å². The zero-order valence-electron chi connectivity index (χ0n) is 16.9. The van der Waals surface area contributed by atoms with Crippen LogP contribution in [0, 0.1) is 11.3 Å². The second-order valence-corrected chi connectivity index (χ2v) is 7.85. The molecule has 1 amide bonds. The number of benzene rings is 3. The van der Waals surface area contributed by atoms with E-state index < -0.39 is 5.91 Å². The van der Waals surface area contributed by atoms with Crippen molar-refractivity contribution in [1.29, 1.82) is 5.26 Å². The van der Waals surface area contributed by atoms with Crippen molar-refractivity contribution in [3.63, 3.8) is 0 Å². The third-order valence-corrected chi connectivity index (χ3v) is 5.13. The van der Waals surface area contributed by atoms with Crippen LogP contribution in [0.5, 0.6) is 11.5 Å². The van der Waals surface area contributed by atoms with E-state index in [-0.39, 0.29) is 12.2 Å². The standard InChI is InChI=1S/C24H17Cl3N2O3/c1-31-23-9-15(6-7-22(23)32-14-16-4-2-3-5-21(16)27)8-17(13-28)24(30)29-20-11-18(25)10-19(26)12-20/h2-12H,14H2,1H3,(H,29,30)/b17-8-. The maximum atomic E-state index is 12.5. The predicted molar refractivity (Wildman–Crippen MR) is 127 cm³/mol. The number of carbonyl (C=O) groups excluding carboxylic acids is 1. The van der Waals surface area contributed by atoms with E-state index in [0.29, 0.717) is 37.8 Å². The molecule has 32 heavy (non-hydrogen) atoms. The maximum Gasteiger partial charge on any atom is 0.266 e. The van der Waals surface area contributed by atoms with Gasteiger partial charge in [0.05, 0.1) is 7.11 Å². The summed E-state index contributed by atoms with van der Waals surface area (Å²) in [5, 5.41) is 13.4. The van der Waals surface area contributed by atoms with E-state index in [4.69, 9.17) is 44.3 Å². The van der Waals surface area contributed by atoms with Gasteiger partial charge >= 0.3 is 0 Å². The summed E-state index contributed by atoms with van der Waals surface area (Å²) in [4.78, 5) is 12.5. The Hall–Kier alpha value is -3.17. The molecule has 3 rings (SSSR count). The highest BCUT2D eigenvalue weighted by Gasteiger charge is 2.12. The zero-order valence-corrected chi connectivity index (χ0v) is 19.1. The Bertz CT molecular complexity index is 1200. The summed E-state index contributed by atoms with van der Waals surface area (Å²) in [7, 11) is 1.51. The average molecular weight is 488 g/mol. The van der Waals surface area contributed by atoms with E-state index in [2.05, 4.69) is 5.32 Å². The van der Waals surface area contributed by atoms with Crippen LogP contribution in [0.4, 0.5) is 5.69 Å². The monoisotopic (exact) mass is 486 g/mol. The first-order valence-electron chi connectivity index (χ1n) is 9.33. The Balaban J connectivity index is 1.77. The summed E-state index contributed by atoms with van der Waals surface area (Å²) in [5.41, 5.74) is 1.70. The minimum Gasteiger partial charge on any atom is -0.493 e. The number of rotatable bonds is 7. The fourth-order valence-corrected chi connectivity index (χ4v) is 3.52. The van der Waals surface area contributed by atoms with E-state index in [1.807, 2.05) is 24.3 Å². The third kappa shape index (κ3) is 6.18. The van der Waals surface area contributed by atoms with Gasteiger partial charge < -0.3 is 14.8 Å². The highest BCUT2D eigenvalue weighted by molar-refractivity contribution is 6.35. The molecule has 0 unspecified atom stereocenters. The van der Waals surface area contributed by atoms with Gasteiger partial charge in [0, 0.05) is 26.3 Å². The Morgan fingerprint density at radius 1 is 1.03 bits per heavy atom. The van der Waals surface area contributed by atoms with Crippen LogP contribution >= 0.6 is 34.8 Å². The Kier molecular flexibility index (Phi) is 8.02. The molecule has 0 aliphatic carbocycles. The van der Waals surface area contributed by atoms with Crippen LogP contribution in [0.2, 0.25) is 15.1 Å². The topological polar surface area (TPSA) is 71.3 Å². The van der Waals surface area contributed by atoms with Gasteiger partial charge in [0.2, 0.25) is 0 Å². The van der Waals surface area contributed by atoms with Crippen LogP contribution in [0.15, 0.2) is 66.2 Å². The van der Waals surface area contributed by atoms with Gasteiger partial charge in [-0.3, -0.25) is 4.79 Å². The molecule has 0 spiro atoms. The number of anilines is 1. The van der Waals surface area contributed by atoms with Crippen molar-refractivity contribution in [3.05, 3.63) is 92.4 Å². The molecule has 0 radical (unpaired) electrons. The van der Waals surface area contributed by atoms with Crippen molar-refractivity contribution in [2.45, 2.75) is 6.61 Å². The first-order valence-corrected chi connectivity index (χ1v) is 10.5. The molecular formula is C24H17Cl3N2O3. The molecule has 5 nitrogen and oxygen atoms in total. The van der Waals surface area contributed by atoms with Crippen LogP contribution < -0.4 is 14.8 Å². The Morgan fingerprint density at radius 2 is 1.75 bits per heavy atom. The van der Waals surface area contributed by atoms with E-state index in [1.54, 1.807) is 30.3 Å². The van der Waals surface area contributed by atoms with Gasteiger partial charge in [0.15, 0.2) is 11.5 Å². The summed E-state index contributed by atoms with van der Waals surface area (Å²) < 4.78 is 11.2. The lowest BCUT2D eigenvalue weighted by Gasteiger charge is -2.12. The molecular weight excluding hydrogens is 471 g/mol. The summed E-state index contributed by atoms with van der Waals surface area (Å²) >= 11 is 18.1. The fourth-order valence-electron chi connectivity index (χ4n) is 2.80. The van der Waals surface area contributed by atoms with E-state index in [1.165, 1.54) is 25.3 Å². The van der Waals surface area contributed by atoms with Gasteiger partial charge in [-0.15, -0.1) is 0 Å². The van der Waals surface area contributed by atoms with Crippen molar-refractivity contribution in [3.8, 4) is 17.6 Å². The summed E-state index contributed by atoms with van der Waals surface area (Å²) in [5.74, 6) is 0.357. The number of halogens is 3. The summed E-state index contributed by atoms with van der Waals surface area (Å²) in [6.07, 6.45) is 1.45. The quantitative estimate of drug-likeness (QED) is 0.294. The lowest BCUT2D eigenvalue weighted by Crippen LogP contribution is -2.13. The van der Waals surface area contributed by atoms with Crippen LogP contribution in [-0.2, 0) is 11.4 Å². The number of carbonyl (C=O) groups is 1. The van der Waals surface area contributed by atoms with E-state index >= 15 is 0 Å². The SMILES string of the molecule is COc1cc(/C=C(/C#N)C(=O)Nc2cc(Cl)cc(Cl)c2)ccc1OCc1ccccc1Cl. The third-order valence-electron chi connectivity index (χ3n) is 4.33. The van der Waals surface area contributed by atoms with Crippen molar-refractivity contribution in [1.82, 2.24) is 0 Å². The molecule has 0 aromatic heterocycles. The van der Waals surface area contributed by atoms with Gasteiger partial charge in [-0.2, -0.15) is 5.26 Å². The molecule has 0 fully saturated rings. The highest BCUT2D eigenvalue weighted by Crippen LogP contribution is 2.30. The molecule has 3 aromatic rings. The van der Waals surface area contributed by atoms with Crippen LogP contribution in [0.3, 0.4) is 0 Å². The number of methoxy groups -OCH3 is 1. The van der Waals surface area contributed by atoms with Crippen molar-refractivity contribution in [2.75, 3.05) is 12.4 Å². The molecule has 0 saturated heterocycles. The molecule has 0 bridgehead atoms. The number of nitriles is 1. The average Bonchev–Trinajstić information content (AvgIpc) is 2.76. The number of hydrogen-bond donors (Lipinski definition) is 1. The minimum atomic E-state index is -0.594. The van der Waals surface area contributed by atoms with Gasteiger partial charge in [-0.1, -0.05) is 59.1 Å². The van der Waals surface area contributed by atoms with Crippen LogP contribution in [-0.4, -0.2) is 13.0 Å². The number of hydrogen-bond acceptors (Lipinski definition) is 4. The van der Waals surface area contributed by atoms with Gasteiger partial charge in [-0.25, -0.2) is 0 Å². The largest absolute Gasteiger partial charge is 0.493 e. The smallest absolute Gasteiger partial charge is 0.266 e. The van der Waals surface area contributed by atoms with Gasteiger partial charge in [0.1, 0.15) is 18.2 Å². The molecule has 0 aliphatic rings. The van der Waals surface area contributed by atoms with Crippen molar-refractivity contribution >= 4 is 52.5 Å². The van der Waals surface area contributed by atoms with Gasteiger partial charge in [0.25, 0.3) is 5.91 Å². The lowest BCUT2D eigenvalue weighted by molar-refractivity contribution is -0.112. The van der Waals surface area contributed by atoms with E-state index in [9.17, 15) is 10.1 Å². The number of amides is 1. The molecule has 0 heterocycles. The molecule has 1 N–H and O–H groups in total. The highest BCUT2D eigenvalue weighted by atomic mass is 35.5. The second kappa shape index (κ2) is 10.9. The summed E-state index contributed by atoms with van der Waals surface area (Å²) in [6, 6.07) is 19.0. The minimum absolute atomic E-state index is 0.104. The first-order chi connectivity index (χ1) is 15.4. The number of nitrogens with one attached hydrogen (secondary N) is 1. The van der Waals surface area contributed by atoms with E-state index in [0.717, 1.165) is 5.56 Å². The Morgan fingerprint density at radius 3 is 2.41 bits per heavy atom. The molecule has 3 aromatic carbocycles. The number of ether oxygens (including phenoxy) is 2. The molecule has 162 valence electrons. The number of nitrogens with zero attached hydrogens (tertiary/aromatic N) is 1. The molecule has 0 saturated carbocycles. The maximum absolute atomic E-state index is 12.5. The van der Waals surface area contributed by atoms with Crippen molar-refractivity contribution < 1.29 is 14.3 Å². The van der Waals surface area contributed by atoms with Gasteiger partial charge in [-0.05, 0) is 48.0 Å². The first kappa shape index (κ1) is 23.5. The van der Waals surface area contributed by atoms with Crippen LogP contribution in [0.25, 0.3) is 6.08 Å². The van der Waals surface area contributed by atoms with Crippen molar-refractivity contribution in [2.24, 2.45) is 0 Å². The predicted octanol–water partition coefficient (Wildman–Crippen LogP) is 6.78. The molecule has 8 heteroatoms.